The zero-order chi connectivity index (χ0) is 28.9. The van der Waals surface area contributed by atoms with Crippen LogP contribution in [0.2, 0.25) is 0 Å². The fraction of sp³-hybridized carbons (Fsp3) is 0.0606. The smallest absolute Gasteiger partial charge is 0.150 e. The molecule has 0 saturated carbocycles. The summed E-state index contributed by atoms with van der Waals surface area (Å²) in [5, 5.41) is 14.1. The Labute approximate surface area is 236 Å². The van der Waals surface area contributed by atoms with Gasteiger partial charge in [0, 0.05) is 22.9 Å². The number of aryl methyl sites for hydroxylation is 2. The minimum atomic E-state index is -0.319. The number of halogens is 2. The van der Waals surface area contributed by atoms with Crippen LogP contribution in [0.4, 0.5) is 14.6 Å². The van der Waals surface area contributed by atoms with E-state index in [1.54, 1.807) is 0 Å². The number of nitrogen functional groups attached to an aromatic ring is 1. The van der Waals surface area contributed by atoms with Crippen LogP contribution in [0.3, 0.4) is 0 Å². The van der Waals surface area contributed by atoms with Crippen molar-refractivity contribution in [3.63, 3.8) is 0 Å². The SMILES string of the molecule is Fc1ccc(CCc2cc(-c3ccccc3)n[nH]2)cc1.Nc1cc(-c2ccccc2)[nH]n1.O=Cc1ccc(F)cc1. The maximum Gasteiger partial charge on any atom is 0.150 e. The number of hydrogen-bond donors (Lipinski definition) is 3. The van der Waals surface area contributed by atoms with Gasteiger partial charge in [0.1, 0.15) is 23.7 Å². The summed E-state index contributed by atoms with van der Waals surface area (Å²) < 4.78 is 24.9. The summed E-state index contributed by atoms with van der Waals surface area (Å²) >= 11 is 0. The molecular weight excluding hydrogens is 520 g/mol. The lowest BCUT2D eigenvalue weighted by atomic mass is 10.1. The number of carbonyl (C=O) groups is 1. The Kier molecular flexibility index (Phi) is 10.3. The third kappa shape index (κ3) is 9.11. The molecule has 0 aliphatic heterocycles. The number of rotatable bonds is 6. The molecule has 0 amide bonds. The lowest BCUT2D eigenvalue weighted by Gasteiger charge is -1.99. The van der Waals surface area contributed by atoms with E-state index in [0.717, 1.165) is 46.6 Å². The van der Waals surface area contributed by atoms with Gasteiger partial charge in [0.05, 0.1) is 11.4 Å². The van der Waals surface area contributed by atoms with Crippen LogP contribution in [0.5, 0.6) is 0 Å². The fourth-order valence-corrected chi connectivity index (χ4v) is 3.82. The molecule has 6 nitrogen and oxygen atoms in total. The largest absolute Gasteiger partial charge is 0.382 e. The van der Waals surface area contributed by atoms with E-state index in [-0.39, 0.29) is 11.6 Å². The fourth-order valence-electron chi connectivity index (χ4n) is 3.82. The molecule has 6 rings (SSSR count). The summed E-state index contributed by atoms with van der Waals surface area (Å²) in [5.74, 6) is 0.0103. The zero-order valence-electron chi connectivity index (χ0n) is 22.2. The average Bonchev–Trinajstić information content (AvgIpc) is 3.68. The highest BCUT2D eigenvalue weighted by atomic mass is 19.1. The highest BCUT2D eigenvalue weighted by Crippen LogP contribution is 2.18. The lowest BCUT2D eigenvalue weighted by Crippen LogP contribution is -1.91. The minimum Gasteiger partial charge on any atom is -0.382 e. The molecule has 0 spiro atoms. The van der Waals surface area contributed by atoms with Gasteiger partial charge in [0.25, 0.3) is 0 Å². The first kappa shape index (κ1) is 28.6. The maximum absolute atomic E-state index is 12.8. The van der Waals surface area contributed by atoms with Gasteiger partial charge in [-0.15, -0.1) is 0 Å². The van der Waals surface area contributed by atoms with Gasteiger partial charge >= 0.3 is 0 Å². The van der Waals surface area contributed by atoms with Gasteiger partial charge in [-0.2, -0.15) is 10.2 Å². The Morgan fingerprint density at radius 2 is 1.24 bits per heavy atom. The topological polar surface area (TPSA) is 100 Å². The monoisotopic (exact) mass is 549 g/mol. The summed E-state index contributed by atoms with van der Waals surface area (Å²) in [6.45, 7) is 0. The Hall–Kier alpha value is -5.37. The van der Waals surface area contributed by atoms with E-state index in [4.69, 9.17) is 5.73 Å². The Bertz CT molecular complexity index is 1610. The Morgan fingerprint density at radius 3 is 1.80 bits per heavy atom. The number of benzene rings is 4. The van der Waals surface area contributed by atoms with E-state index in [1.165, 1.54) is 36.4 Å². The molecule has 0 aliphatic rings. The molecule has 0 aliphatic carbocycles. The molecule has 0 unspecified atom stereocenters. The van der Waals surface area contributed by atoms with Gasteiger partial charge in [-0.3, -0.25) is 15.0 Å². The summed E-state index contributed by atoms with van der Waals surface area (Å²) in [6, 6.07) is 35.9. The first-order valence-corrected chi connectivity index (χ1v) is 12.9. The normalized spacial score (nSPS) is 10.1. The second kappa shape index (κ2) is 14.7. The predicted octanol–water partition coefficient (Wildman–Crippen LogP) is 7.30. The van der Waals surface area contributed by atoms with Gasteiger partial charge in [0.15, 0.2) is 0 Å². The number of aromatic nitrogens is 4. The van der Waals surface area contributed by atoms with Gasteiger partial charge in [-0.1, -0.05) is 72.8 Å². The van der Waals surface area contributed by atoms with Crippen molar-refractivity contribution in [3.05, 3.63) is 150 Å². The number of anilines is 1. The van der Waals surface area contributed by atoms with E-state index in [1.807, 2.05) is 78.9 Å². The second-order valence-corrected chi connectivity index (χ2v) is 9.01. The van der Waals surface area contributed by atoms with Crippen molar-refractivity contribution >= 4 is 12.1 Å². The van der Waals surface area contributed by atoms with Crippen LogP contribution in [0.1, 0.15) is 21.6 Å². The van der Waals surface area contributed by atoms with Crippen LogP contribution >= 0.6 is 0 Å². The molecule has 41 heavy (non-hydrogen) atoms. The van der Waals surface area contributed by atoms with Crippen molar-refractivity contribution in [2.24, 2.45) is 0 Å². The molecule has 0 fully saturated rings. The molecule has 206 valence electrons. The van der Waals surface area contributed by atoms with Crippen LogP contribution in [-0.4, -0.2) is 26.7 Å². The molecule has 8 heteroatoms. The molecule has 6 aromatic rings. The summed E-state index contributed by atoms with van der Waals surface area (Å²) in [4.78, 5) is 10.00. The average molecular weight is 550 g/mol. The van der Waals surface area contributed by atoms with E-state index in [9.17, 15) is 13.6 Å². The predicted molar refractivity (Wildman–Crippen MR) is 158 cm³/mol. The number of nitrogens with zero attached hydrogens (tertiary/aromatic N) is 2. The molecule has 0 saturated heterocycles. The second-order valence-electron chi connectivity index (χ2n) is 9.01. The van der Waals surface area contributed by atoms with E-state index in [2.05, 4.69) is 26.5 Å². The molecule has 0 bridgehead atoms. The number of hydrogen-bond acceptors (Lipinski definition) is 4. The lowest BCUT2D eigenvalue weighted by molar-refractivity contribution is 0.112. The molecule has 2 aromatic heterocycles. The van der Waals surface area contributed by atoms with Crippen molar-refractivity contribution in [1.29, 1.82) is 0 Å². The minimum absolute atomic E-state index is 0.193. The zero-order valence-corrected chi connectivity index (χ0v) is 22.2. The van der Waals surface area contributed by atoms with Crippen LogP contribution in [0.25, 0.3) is 22.5 Å². The molecule has 0 radical (unpaired) electrons. The van der Waals surface area contributed by atoms with Crippen molar-refractivity contribution in [3.8, 4) is 22.5 Å². The van der Waals surface area contributed by atoms with Crippen LogP contribution in [0, 0.1) is 11.6 Å². The molecule has 4 N–H and O–H groups in total. The van der Waals surface area contributed by atoms with Crippen molar-refractivity contribution in [2.45, 2.75) is 12.8 Å². The maximum atomic E-state index is 12.8. The number of H-pyrrole nitrogens is 2. The number of nitrogens with two attached hydrogens (primary N) is 1. The molecule has 0 atom stereocenters. The molecule has 2 heterocycles. The molecule has 4 aromatic carbocycles. The summed E-state index contributed by atoms with van der Waals surface area (Å²) in [6.07, 6.45) is 2.42. The van der Waals surface area contributed by atoms with Crippen molar-refractivity contribution in [1.82, 2.24) is 20.4 Å². The summed E-state index contributed by atoms with van der Waals surface area (Å²) in [7, 11) is 0. The van der Waals surface area contributed by atoms with Crippen molar-refractivity contribution in [2.75, 3.05) is 5.73 Å². The third-order valence-corrected chi connectivity index (χ3v) is 5.99. The highest BCUT2D eigenvalue weighted by Gasteiger charge is 2.04. The molecular formula is C33H29F2N5O. The number of nitrogens with one attached hydrogen (secondary N) is 2. The number of carbonyl (C=O) groups excluding carboxylic acids is 1. The standard InChI is InChI=1S/C17H15FN2.C9H9N3.C7H5FO/c18-15-9-6-13(7-10-15)8-11-16-12-17(20-19-16)14-4-2-1-3-5-14;10-9-6-8(11-12-9)7-4-2-1-3-5-7;8-7-3-1-6(5-9)2-4-7/h1-7,9-10,12H,8,11H2,(H,19,20);1-6H,(H3,10,11,12);1-5H. The number of aromatic amines is 2. The summed E-state index contributed by atoms with van der Waals surface area (Å²) in [5.41, 5.74) is 12.3. The van der Waals surface area contributed by atoms with Crippen LogP contribution in [-0.2, 0) is 12.8 Å². The highest BCUT2D eigenvalue weighted by molar-refractivity contribution is 5.74. The Balaban J connectivity index is 0.000000156. The first-order valence-electron chi connectivity index (χ1n) is 12.9. The third-order valence-electron chi connectivity index (χ3n) is 5.99. The van der Waals surface area contributed by atoms with Crippen molar-refractivity contribution < 1.29 is 13.6 Å². The van der Waals surface area contributed by atoms with Gasteiger partial charge in [-0.25, -0.2) is 8.78 Å². The van der Waals surface area contributed by atoms with Crippen LogP contribution in [0.15, 0.2) is 121 Å². The van der Waals surface area contributed by atoms with E-state index >= 15 is 0 Å². The van der Waals surface area contributed by atoms with Gasteiger partial charge in [-0.05, 0) is 66.4 Å². The van der Waals surface area contributed by atoms with Gasteiger partial charge in [0.2, 0.25) is 0 Å². The Morgan fingerprint density at radius 1 is 0.659 bits per heavy atom. The number of aldehydes is 1. The quantitative estimate of drug-likeness (QED) is 0.190. The van der Waals surface area contributed by atoms with E-state index in [0.29, 0.717) is 17.7 Å². The van der Waals surface area contributed by atoms with E-state index < -0.39 is 0 Å². The van der Waals surface area contributed by atoms with Crippen LogP contribution < -0.4 is 5.73 Å². The first-order chi connectivity index (χ1) is 20.0. The van der Waals surface area contributed by atoms with Gasteiger partial charge < -0.3 is 5.73 Å².